The van der Waals surface area contributed by atoms with E-state index in [0.717, 1.165) is 19.6 Å². The van der Waals surface area contributed by atoms with Crippen molar-refractivity contribution >= 4 is 0 Å². The molecule has 0 aliphatic rings. The normalized spacial score (nSPS) is 11.0. The highest BCUT2D eigenvalue weighted by molar-refractivity contribution is 4.51. The number of hydrogen-bond acceptors (Lipinski definition) is 2. The third-order valence-corrected chi connectivity index (χ3v) is 2.03. The van der Waals surface area contributed by atoms with Crippen molar-refractivity contribution in [3.8, 4) is 0 Å². The maximum Gasteiger partial charge on any atom is 0.0474 e. The van der Waals surface area contributed by atoms with Crippen LogP contribution in [0.4, 0.5) is 0 Å². The fourth-order valence-corrected chi connectivity index (χ4v) is 1.22. The Morgan fingerprint density at radius 1 is 1.08 bits per heavy atom. The Morgan fingerprint density at radius 2 is 1.75 bits per heavy atom. The Labute approximate surface area is 76.9 Å². The van der Waals surface area contributed by atoms with E-state index in [1.807, 2.05) is 0 Å². The fourth-order valence-electron chi connectivity index (χ4n) is 1.22. The van der Waals surface area contributed by atoms with Crippen molar-refractivity contribution in [1.29, 1.82) is 0 Å². The van der Waals surface area contributed by atoms with E-state index in [1.54, 1.807) is 7.11 Å². The van der Waals surface area contributed by atoms with Gasteiger partial charge in [0.2, 0.25) is 0 Å². The molecule has 0 spiro atoms. The van der Waals surface area contributed by atoms with Crippen LogP contribution in [-0.4, -0.2) is 38.8 Å². The third-order valence-electron chi connectivity index (χ3n) is 2.03. The Morgan fingerprint density at radius 3 is 2.33 bits per heavy atom. The molecule has 0 rings (SSSR count). The molecule has 0 aromatic rings. The molecule has 0 fully saturated rings. The first-order valence-electron chi connectivity index (χ1n) is 4.98. The predicted molar refractivity (Wildman–Crippen MR) is 53.5 cm³/mol. The van der Waals surface area contributed by atoms with Gasteiger partial charge in [0.05, 0.1) is 0 Å². The van der Waals surface area contributed by atoms with Crippen LogP contribution < -0.4 is 0 Å². The van der Waals surface area contributed by atoms with Crippen LogP contribution in [0.15, 0.2) is 0 Å². The molecule has 2 nitrogen and oxygen atoms in total. The molecule has 0 amide bonds. The lowest BCUT2D eigenvalue weighted by atomic mass is 10.2. The highest BCUT2D eigenvalue weighted by Crippen LogP contribution is 1.96. The van der Waals surface area contributed by atoms with E-state index in [-0.39, 0.29) is 0 Å². The summed E-state index contributed by atoms with van der Waals surface area (Å²) in [5, 5.41) is 0. The van der Waals surface area contributed by atoms with Crippen molar-refractivity contribution in [3.63, 3.8) is 0 Å². The van der Waals surface area contributed by atoms with Crippen molar-refractivity contribution in [1.82, 2.24) is 4.90 Å². The molecule has 0 heterocycles. The summed E-state index contributed by atoms with van der Waals surface area (Å²) in [6, 6.07) is 0. The van der Waals surface area contributed by atoms with Crippen molar-refractivity contribution in [2.75, 3.05) is 33.9 Å². The van der Waals surface area contributed by atoms with Gasteiger partial charge in [-0.05, 0) is 26.4 Å². The van der Waals surface area contributed by atoms with Crippen LogP contribution in [0.5, 0.6) is 0 Å². The minimum Gasteiger partial charge on any atom is -0.385 e. The van der Waals surface area contributed by atoms with Gasteiger partial charge in [-0.2, -0.15) is 0 Å². The summed E-state index contributed by atoms with van der Waals surface area (Å²) in [7, 11) is 3.95. The van der Waals surface area contributed by atoms with E-state index >= 15 is 0 Å². The summed E-state index contributed by atoms with van der Waals surface area (Å²) >= 11 is 0. The first kappa shape index (κ1) is 11.9. The van der Waals surface area contributed by atoms with E-state index in [1.165, 1.54) is 25.8 Å². The maximum absolute atomic E-state index is 4.99. The number of rotatable bonds is 8. The molecule has 0 atom stereocenters. The summed E-state index contributed by atoms with van der Waals surface area (Å²) in [5.74, 6) is 0. The Bertz CT molecular complexity index is 75.9. The highest BCUT2D eigenvalue weighted by Gasteiger charge is 1.96. The third kappa shape index (κ3) is 8.02. The molecule has 0 aromatic heterocycles. The van der Waals surface area contributed by atoms with E-state index in [9.17, 15) is 0 Å². The number of hydrogen-bond donors (Lipinski definition) is 0. The molecule has 0 radical (unpaired) electrons. The molecule has 74 valence electrons. The van der Waals surface area contributed by atoms with Crippen LogP contribution in [0.3, 0.4) is 0 Å². The minimum atomic E-state index is 0.887. The van der Waals surface area contributed by atoms with E-state index < -0.39 is 0 Å². The number of ether oxygens (including phenoxy) is 1. The molecular formula is C10H23NO. The minimum absolute atomic E-state index is 0.887. The van der Waals surface area contributed by atoms with Gasteiger partial charge >= 0.3 is 0 Å². The van der Waals surface area contributed by atoms with Crippen molar-refractivity contribution in [2.24, 2.45) is 0 Å². The lowest BCUT2D eigenvalue weighted by Crippen LogP contribution is -2.21. The summed E-state index contributed by atoms with van der Waals surface area (Å²) < 4.78 is 4.99. The van der Waals surface area contributed by atoms with E-state index in [0.29, 0.717) is 0 Å². The fraction of sp³-hybridized carbons (Fsp3) is 1.00. The number of unbranched alkanes of at least 4 members (excludes halogenated alkanes) is 2. The van der Waals surface area contributed by atoms with Gasteiger partial charge in [0, 0.05) is 20.3 Å². The lowest BCUT2D eigenvalue weighted by Gasteiger charge is -2.15. The van der Waals surface area contributed by atoms with Crippen molar-refractivity contribution in [3.05, 3.63) is 0 Å². The Balaban J connectivity index is 3.04. The quantitative estimate of drug-likeness (QED) is 0.521. The van der Waals surface area contributed by atoms with Crippen LogP contribution in [-0.2, 0) is 4.74 Å². The van der Waals surface area contributed by atoms with E-state index in [4.69, 9.17) is 4.74 Å². The zero-order chi connectivity index (χ0) is 9.23. The van der Waals surface area contributed by atoms with Crippen LogP contribution in [0.1, 0.15) is 32.6 Å². The molecule has 0 aromatic carbocycles. The number of methoxy groups -OCH3 is 1. The molecular weight excluding hydrogens is 150 g/mol. The molecule has 0 unspecified atom stereocenters. The average Bonchev–Trinajstić information content (AvgIpc) is 2.06. The topological polar surface area (TPSA) is 12.5 Å². The molecule has 0 bridgehead atoms. The largest absolute Gasteiger partial charge is 0.385 e. The van der Waals surface area contributed by atoms with Crippen molar-refractivity contribution < 1.29 is 4.74 Å². The maximum atomic E-state index is 4.99. The zero-order valence-electron chi connectivity index (χ0n) is 8.81. The molecule has 0 N–H and O–H groups in total. The predicted octanol–water partition coefficient (Wildman–Crippen LogP) is 2.14. The molecule has 0 aliphatic heterocycles. The molecule has 0 saturated heterocycles. The SMILES string of the molecule is CCCCCN(C)CCCOC. The smallest absolute Gasteiger partial charge is 0.0474 e. The van der Waals surface area contributed by atoms with Gasteiger partial charge in [0.1, 0.15) is 0 Å². The first-order valence-corrected chi connectivity index (χ1v) is 4.98. The second-order valence-electron chi connectivity index (χ2n) is 3.36. The summed E-state index contributed by atoms with van der Waals surface area (Å²) in [6.07, 6.45) is 5.15. The van der Waals surface area contributed by atoms with Gasteiger partial charge in [-0.25, -0.2) is 0 Å². The molecule has 2 heteroatoms. The van der Waals surface area contributed by atoms with Gasteiger partial charge in [-0.3, -0.25) is 0 Å². The van der Waals surface area contributed by atoms with Gasteiger partial charge in [0.25, 0.3) is 0 Å². The van der Waals surface area contributed by atoms with Crippen LogP contribution in [0.25, 0.3) is 0 Å². The van der Waals surface area contributed by atoms with Gasteiger partial charge in [0.15, 0.2) is 0 Å². The standard InChI is InChI=1S/C10H23NO/c1-4-5-6-8-11(2)9-7-10-12-3/h4-10H2,1-3H3. The van der Waals surface area contributed by atoms with E-state index in [2.05, 4.69) is 18.9 Å². The van der Waals surface area contributed by atoms with Gasteiger partial charge in [-0.1, -0.05) is 19.8 Å². The summed E-state index contributed by atoms with van der Waals surface area (Å²) in [5.41, 5.74) is 0. The van der Waals surface area contributed by atoms with Crippen LogP contribution >= 0.6 is 0 Å². The average molecular weight is 173 g/mol. The Kier molecular flexibility index (Phi) is 8.95. The summed E-state index contributed by atoms with van der Waals surface area (Å²) in [4.78, 5) is 2.38. The number of nitrogens with zero attached hydrogens (tertiary/aromatic N) is 1. The molecule has 0 aliphatic carbocycles. The highest BCUT2D eigenvalue weighted by atomic mass is 16.5. The van der Waals surface area contributed by atoms with Crippen molar-refractivity contribution in [2.45, 2.75) is 32.6 Å². The second kappa shape index (κ2) is 9.01. The molecule has 12 heavy (non-hydrogen) atoms. The second-order valence-corrected chi connectivity index (χ2v) is 3.36. The van der Waals surface area contributed by atoms with Crippen LogP contribution in [0, 0.1) is 0 Å². The Hall–Kier alpha value is -0.0800. The van der Waals surface area contributed by atoms with Gasteiger partial charge in [-0.15, -0.1) is 0 Å². The zero-order valence-corrected chi connectivity index (χ0v) is 8.81. The van der Waals surface area contributed by atoms with Gasteiger partial charge < -0.3 is 9.64 Å². The molecule has 0 saturated carbocycles. The summed E-state index contributed by atoms with van der Waals surface area (Å²) in [6.45, 7) is 5.53. The first-order chi connectivity index (χ1) is 5.81. The lowest BCUT2D eigenvalue weighted by molar-refractivity contribution is 0.179. The monoisotopic (exact) mass is 173 g/mol. The van der Waals surface area contributed by atoms with Crippen LogP contribution in [0.2, 0.25) is 0 Å².